The molecule has 7 heteroatoms. The van der Waals surface area contributed by atoms with Crippen LogP contribution in [0.15, 0.2) is 18.2 Å². The van der Waals surface area contributed by atoms with Gasteiger partial charge in [-0.2, -0.15) is 0 Å². The Balaban J connectivity index is 2.11. The Bertz CT molecular complexity index is 562. The van der Waals surface area contributed by atoms with E-state index in [9.17, 15) is 14.9 Å². The molecule has 120 valence electrons. The first-order valence-electron chi connectivity index (χ1n) is 7.44. The van der Waals surface area contributed by atoms with Gasteiger partial charge in [-0.25, -0.2) is 0 Å². The van der Waals surface area contributed by atoms with E-state index in [-0.39, 0.29) is 11.6 Å². The van der Waals surface area contributed by atoms with Crippen molar-refractivity contribution in [2.45, 2.75) is 12.8 Å². The highest BCUT2D eigenvalue weighted by Gasteiger charge is 2.19. The SMILES string of the molecule is CNC(=O)c1cc([N+](=O)[O-])ccc1NCC1CCCN(C)C1. The van der Waals surface area contributed by atoms with E-state index < -0.39 is 4.92 Å². The lowest BCUT2D eigenvalue weighted by Gasteiger charge is -2.30. The zero-order chi connectivity index (χ0) is 16.1. The number of anilines is 1. The minimum atomic E-state index is -0.494. The monoisotopic (exact) mass is 306 g/mol. The number of benzene rings is 1. The summed E-state index contributed by atoms with van der Waals surface area (Å²) in [6.45, 7) is 2.90. The second kappa shape index (κ2) is 7.22. The van der Waals surface area contributed by atoms with Crippen LogP contribution in [0.25, 0.3) is 0 Å². The van der Waals surface area contributed by atoms with E-state index in [1.165, 1.54) is 25.6 Å². The smallest absolute Gasteiger partial charge is 0.270 e. The Morgan fingerprint density at radius 1 is 1.50 bits per heavy atom. The molecule has 1 atom stereocenters. The minimum Gasteiger partial charge on any atom is -0.384 e. The number of nitro benzene ring substituents is 1. The van der Waals surface area contributed by atoms with Crippen LogP contribution in [0, 0.1) is 16.0 Å². The number of nitrogens with one attached hydrogen (secondary N) is 2. The highest BCUT2D eigenvalue weighted by molar-refractivity contribution is 6.00. The quantitative estimate of drug-likeness (QED) is 0.638. The summed E-state index contributed by atoms with van der Waals surface area (Å²) in [7, 11) is 3.62. The van der Waals surface area contributed by atoms with Gasteiger partial charge in [0.05, 0.1) is 10.5 Å². The van der Waals surface area contributed by atoms with Gasteiger partial charge in [-0.15, -0.1) is 0 Å². The average molecular weight is 306 g/mol. The fourth-order valence-corrected chi connectivity index (χ4v) is 2.82. The molecule has 1 amide bonds. The van der Waals surface area contributed by atoms with Crippen LogP contribution >= 0.6 is 0 Å². The van der Waals surface area contributed by atoms with Crippen LogP contribution in [-0.2, 0) is 0 Å². The van der Waals surface area contributed by atoms with Crippen molar-refractivity contribution >= 4 is 17.3 Å². The fraction of sp³-hybridized carbons (Fsp3) is 0.533. The van der Waals surface area contributed by atoms with E-state index in [1.54, 1.807) is 6.07 Å². The molecule has 2 rings (SSSR count). The Labute approximate surface area is 129 Å². The van der Waals surface area contributed by atoms with E-state index in [4.69, 9.17) is 0 Å². The third-order valence-electron chi connectivity index (χ3n) is 3.99. The highest BCUT2D eigenvalue weighted by Crippen LogP contribution is 2.23. The van der Waals surface area contributed by atoms with Crippen LogP contribution in [0.5, 0.6) is 0 Å². The van der Waals surface area contributed by atoms with Gasteiger partial charge in [-0.05, 0) is 38.4 Å². The molecule has 0 aromatic heterocycles. The van der Waals surface area contributed by atoms with Gasteiger partial charge < -0.3 is 15.5 Å². The molecule has 0 bridgehead atoms. The van der Waals surface area contributed by atoms with E-state index in [2.05, 4.69) is 22.6 Å². The van der Waals surface area contributed by atoms with Crippen molar-refractivity contribution in [3.8, 4) is 0 Å². The number of likely N-dealkylation sites (tertiary alicyclic amines) is 1. The number of hydrogen-bond acceptors (Lipinski definition) is 5. The molecule has 1 saturated heterocycles. The van der Waals surface area contributed by atoms with Gasteiger partial charge in [0.2, 0.25) is 0 Å². The maximum atomic E-state index is 11.9. The molecule has 1 aromatic rings. The minimum absolute atomic E-state index is 0.0819. The first kappa shape index (κ1) is 16.2. The average Bonchev–Trinajstić information content (AvgIpc) is 2.52. The van der Waals surface area contributed by atoms with E-state index >= 15 is 0 Å². The molecular weight excluding hydrogens is 284 g/mol. The summed E-state index contributed by atoms with van der Waals surface area (Å²) in [4.78, 5) is 24.6. The van der Waals surface area contributed by atoms with Gasteiger partial charge in [0.15, 0.2) is 0 Å². The number of carbonyl (C=O) groups is 1. The molecule has 1 unspecified atom stereocenters. The number of rotatable bonds is 5. The predicted molar refractivity (Wildman–Crippen MR) is 85.2 cm³/mol. The Morgan fingerprint density at radius 2 is 2.27 bits per heavy atom. The van der Waals surface area contributed by atoms with Crippen molar-refractivity contribution in [2.75, 3.05) is 39.0 Å². The third kappa shape index (κ3) is 3.94. The first-order valence-corrected chi connectivity index (χ1v) is 7.44. The second-order valence-electron chi connectivity index (χ2n) is 5.72. The van der Waals surface area contributed by atoms with Gasteiger partial charge in [0.25, 0.3) is 11.6 Å². The number of non-ortho nitro benzene ring substituents is 1. The molecule has 0 radical (unpaired) electrons. The van der Waals surface area contributed by atoms with Gasteiger partial charge >= 0.3 is 0 Å². The topological polar surface area (TPSA) is 87.5 Å². The number of nitro groups is 1. The summed E-state index contributed by atoms with van der Waals surface area (Å²) < 4.78 is 0. The van der Waals surface area contributed by atoms with Crippen molar-refractivity contribution in [1.82, 2.24) is 10.2 Å². The zero-order valence-corrected chi connectivity index (χ0v) is 13.0. The van der Waals surface area contributed by atoms with Crippen molar-refractivity contribution in [3.05, 3.63) is 33.9 Å². The van der Waals surface area contributed by atoms with Gasteiger partial charge in [0.1, 0.15) is 0 Å². The largest absolute Gasteiger partial charge is 0.384 e. The van der Waals surface area contributed by atoms with Crippen molar-refractivity contribution < 1.29 is 9.72 Å². The van der Waals surface area contributed by atoms with Crippen LogP contribution in [0.1, 0.15) is 23.2 Å². The van der Waals surface area contributed by atoms with Crippen LogP contribution in [0.2, 0.25) is 0 Å². The number of carbonyl (C=O) groups excluding carboxylic acids is 1. The summed E-state index contributed by atoms with van der Waals surface area (Å²) in [6.07, 6.45) is 2.32. The summed E-state index contributed by atoms with van der Waals surface area (Å²) in [6, 6.07) is 4.34. The lowest BCUT2D eigenvalue weighted by atomic mass is 9.98. The molecule has 1 fully saturated rings. The Kier molecular flexibility index (Phi) is 5.32. The fourth-order valence-electron chi connectivity index (χ4n) is 2.82. The summed E-state index contributed by atoms with van der Waals surface area (Å²) in [5.74, 6) is 0.193. The molecule has 0 spiro atoms. The van der Waals surface area contributed by atoms with E-state index in [1.807, 2.05) is 0 Å². The number of piperidine rings is 1. The van der Waals surface area contributed by atoms with Crippen LogP contribution < -0.4 is 10.6 Å². The van der Waals surface area contributed by atoms with E-state index in [0.717, 1.165) is 26.1 Å². The molecule has 7 nitrogen and oxygen atoms in total. The molecule has 1 aliphatic heterocycles. The maximum absolute atomic E-state index is 11.9. The van der Waals surface area contributed by atoms with E-state index in [0.29, 0.717) is 17.2 Å². The van der Waals surface area contributed by atoms with Crippen molar-refractivity contribution in [1.29, 1.82) is 0 Å². The second-order valence-corrected chi connectivity index (χ2v) is 5.72. The van der Waals surface area contributed by atoms with Crippen LogP contribution in [0.4, 0.5) is 11.4 Å². The lowest BCUT2D eigenvalue weighted by molar-refractivity contribution is -0.384. The molecule has 0 aliphatic carbocycles. The van der Waals surface area contributed by atoms with Gasteiger partial charge in [-0.1, -0.05) is 0 Å². The van der Waals surface area contributed by atoms with Gasteiger partial charge in [-0.3, -0.25) is 14.9 Å². The molecule has 22 heavy (non-hydrogen) atoms. The Hall–Kier alpha value is -2.15. The highest BCUT2D eigenvalue weighted by atomic mass is 16.6. The number of amides is 1. The normalized spacial score (nSPS) is 18.7. The van der Waals surface area contributed by atoms with Crippen LogP contribution in [-0.4, -0.2) is 49.5 Å². The third-order valence-corrected chi connectivity index (χ3v) is 3.99. The van der Waals surface area contributed by atoms with Gasteiger partial charge in [0, 0.05) is 38.0 Å². The number of nitrogens with zero attached hydrogens (tertiary/aromatic N) is 2. The molecular formula is C15H22N4O3. The van der Waals surface area contributed by atoms with Crippen molar-refractivity contribution in [3.63, 3.8) is 0 Å². The Morgan fingerprint density at radius 3 is 2.91 bits per heavy atom. The summed E-state index contributed by atoms with van der Waals surface area (Å²) >= 11 is 0. The molecule has 2 N–H and O–H groups in total. The molecule has 1 aliphatic rings. The lowest BCUT2D eigenvalue weighted by Crippen LogP contribution is -2.35. The van der Waals surface area contributed by atoms with Crippen molar-refractivity contribution in [2.24, 2.45) is 5.92 Å². The maximum Gasteiger partial charge on any atom is 0.270 e. The standard InChI is InChI=1S/C15H22N4O3/c1-16-15(20)13-8-12(19(21)22)5-6-14(13)17-9-11-4-3-7-18(2)10-11/h5-6,8,11,17H,3-4,7,9-10H2,1-2H3,(H,16,20). The first-order chi connectivity index (χ1) is 10.5. The summed E-state index contributed by atoms with van der Waals surface area (Å²) in [5, 5.41) is 16.7. The predicted octanol–water partition coefficient (Wildman–Crippen LogP) is 1.71. The number of hydrogen-bond donors (Lipinski definition) is 2. The molecule has 1 aromatic carbocycles. The van der Waals surface area contributed by atoms with Crippen LogP contribution in [0.3, 0.4) is 0 Å². The molecule has 0 saturated carbocycles. The molecule has 1 heterocycles. The zero-order valence-electron chi connectivity index (χ0n) is 13.0. The summed E-state index contributed by atoms with van der Waals surface area (Å²) in [5.41, 5.74) is 0.862.